The van der Waals surface area contributed by atoms with E-state index in [0.717, 1.165) is 11.3 Å². The topological polar surface area (TPSA) is 50.8 Å². The Morgan fingerprint density at radius 1 is 1.00 bits per heavy atom. The van der Waals surface area contributed by atoms with E-state index in [1.807, 2.05) is 54.3 Å². The molecule has 1 aromatic carbocycles. The van der Waals surface area contributed by atoms with Gasteiger partial charge >= 0.3 is 6.18 Å². The summed E-state index contributed by atoms with van der Waals surface area (Å²) in [5.74, 6) is 0. The van der Waals surface area contributed by atoms with Crippen LogP contribution in [-0.4, -0.2) is 19.3 Å². The van der Waals surface area contributed by atoms with Gasteiger partial charge in [-0.05, 0) is 37.1 Å². The molecule has 28 heavy (non-hydrogen) atoms. The summed E-state index contributed by atoms with van der Waals surface area (Å²) in [7, 11) is 0. The van der Waals surface area contributed by atoms with Crippen molar-refractivity contribution >= 4 is 11.8 Å². The van der Waals surface area contributed by atoms with Crippen molar-refractivity contribution in [2.45, 2.75) is 25.9 Å². The summed E-state index contributed by atoms with van der Waals surface area (Å²) in [6.45, 7) is 2.94. The summed E-state index contributed by atoms with van der Waals surface area (Å²) in [5.41, 5.74) is 1.91. The van der Waals surface area contributed by atoms with Crippen molar-refractivity contribution in [1.82, 2.24) is 0 Å². The molecular formula is C22H22F3N3. The molecule has 0 N–H and O–H groups in total. The molecule has 0 spiro atoms. The molecule has 0 bridgehead atoms. The molecule has 0 aliphatic carbocycles. The first-order valence-corrected chi connectivity index (χ1v) is 8.83. The monoisotopic (exact) mass is 385 g/mol. The zero-order valence-electron chi connectivity index (χ0n) is 15.7. The molecule has 0 atom stereocenters. The summed E-state index contributed by atoms with van der Waals surface area (Å²) >= 11 is 0. The highest BCUT2D eigenvalue weighted by Crippen LogP contribution is 2.23. The molecule has 1 rings (SSSR count). The molecule has 0 fully saturated rings. The number of nitriles is 2. The molecule has 0 saturated heterocycles. The van der Waals surface area contributed by atoms with Gasteiger partial charge in [0.25, 0.3) is 0 Å². The molecule has 0 amide bonds. The lowest BCUT2D eigenvalue weighted by Crippen LogP contribution is -2.25. The van der Waals surface area contributed by atoms with Crippen LogP contribution in [0, 0.1) is 22.7 Å². The molecule has 0 aromatic heterocycles. The first-order chi connectivity index (χ1) is 13.4. The minimum absolute atomic E-state index is 0.0415. The van der Waals surface area contributed by atoms with Crippen LogP contribution in [-0.2, 0) is 0 Å². The van der Waals surface area contributed by atoms with Gasteiger partial charge < -0.3 is 4.90 Å². The highest BCUT2D eigenvalue weighted by atomic mass is 19.4. The van der Waals surface area contributed by atoms with Gasteiger partial charge in [0.2, 0.25) is 0 Å². The predicted molar refractivity (Wildman–Crippen MR) is 106 cm³/mol. The third-order valence-corrected chi connectivity index (χ3v) is 3.77. The maximum absolute atomic E-state index is 12.3. The number of anilines is 1. The van der Waals surface area contributed by atoms with Gasteiger partial charge in [0.1, 0.15) is 17.7 Å². The molecule has 3 nitrogen and oxygen atoms in total. The second-order valence-corrected chi connectivity index (χ2v) is 5.82. The Kier molecular flexibility index (Phi) is 9.93. The van der Waals surface area contributed by atoms with Crippen LogP contribution in [0.2, 0.25) is 0 Å². The normalized spacial score (nSPS) is 11.6. The lowest BCUT2D eigenvalue weighted by molar-refractivity contribution is -0.135. The van der Waals surface area contributed by atoms with Gasteiger partial charge in [-0.25, -0.2) is 0 Å². The Balaban J connectivity index is 2.57. The molecule has 0 unspecified atom stereocenters. The highest BCUT2D eigenvalue weighted by Gasteiger charge is 2.26. The molecule has 1 aromatic rings. The van der Waals surface area contributed by atoms with E-state index in [-0.39, 0.29) is 12.0 Å². The lowest BCUT2D eigenvalue weighted by Gasteiger charge is -2.23. The molecule has 0 heterocycles. The van der Waals surface area contributed by atoms with E-state index in [1.165, 1.54) is 6.08 Å². The number of hydrogen-bond donors (Lipinski definition) is 0. The van der Waals surface area contributed by atoms with Gasteiger partial charge in [-0.2, -0.15) is 23.7 Å². The van der Waals surface area contributed by atoms with Crippen LogP contribution in [0.1, 0.15) is 25.3 Å². The van der Waals surface area contributed by atoms with Crippen molar-refractivity contribution < 1.29 is 13.2 Å². The number of rotatable bonds is 9. The molecule has 146 valence electrons. The zero-order valence-corrected chi connectivity index (χ0v) is 15.7. The molecule has 0 aliphatic rings. The number of hydrogen-bond acceptors (Lipinski definition) is 3. The van der Waals surface area contributed by atoms with Crippen LogP contribution in [0.15, 0.2) is 66.3 Å². The van der Waals surface area contributed by atoms with Gasteiger partial charge in [-0.1, -0.05) is 48.6 Å². The number of allylic oxidation sites excluding steroid dienone is 7. The minimum Gasteiger partial charge on any atom is -0.372 e. The summed E-state index contributed by atoms with van der Waals surface area (Å²) in [6.07, 6.45) is 7.29. The largest absolute Gasteiger partial charge is 0.389 e. The maximum atomic E-state index is 12.3. The van der Waals surface area contributed by atoms with E-state index >= 15 is 0 Å². The fourth-order valence-electron chi connectivity index (χ4n) is 2.35. The molecule has 6 heteroatoms. The number of alkyl halides is 3. The second kappa shape index (κ2) is 12.2. The van der Waals surface area contributed by atoms with E-state index in [9.17, 15) is 13.2 Å². The fourth-order valence-corrected chi connectivity index (χ4v) is 2.35. The first-order valence-electron chi connectivity index (χ1n) is 8.83. The van der Waals surface area contributed by atoms with Crippen molar-refractivity contribution in [2.75, 3.05) is 18.0 Å². The molecule has 0 radical (unpaired) electrons. The van der Waals surface area contributed by atoms with Crippen molar-refractivity contribution in [2.24, 2.45) is 0 Å². The lowest BCUT2D eigenvalue weighted by atomic mass is 10.1. The van der Waals surface area contributed by atoms with E-state index in [2.05, 4.69) is 0 Å². The van der Waals surface area contributed by atoms with Crippen molar-refractivity contribution in [1.29, 1.82) is 10.5 Å². The summed E-state index contributed by atoms with van der Waals surface area (Å²) in [4.78, 5) is 1.92. The first kappa shape index (κ1) is 22.8. The van der Waals surface area contributed by atoms with Crippen LogP contribution in [0.4, 0.5) is 18.9 Å². The number of nitrogens with zero attached hydrogens (tertiary/aromatic N) is 3. The Labute approximate surface area is 164 Å². The second-order valence-electron chi connectivity index (χ2n) is 5.82. The van der Waals surface area contributed by atoms with Crippen LogP contribution in [0.5, 0.6) is 0 Å². The van der Waals surface area contributed by atoms with Crippen LogP contribution >= 0.6 is 0 Å². The van der Waals surface area contributed by atoms with Crippen molar-refractivity contribution in [3.63, 3.8) is 0 Å². The minimum atomic E-state index is -4.11. The van der Waals surface area contributed by atoms with Crippen LogP contribution < -0.4 is 4.90 Å². The van der Waals surface area contributed by atoms with E-state index in [1.54, 1.807) is 30.4 Å². The Hall–Kier alpha value is -3.25. The summed E-state index contributed by atoms with van der Waals surface area (Å²) in [6, 6.07) is 11.2. The third-order valence-electron chi connectivity index (χ3n) is 3.77. The highest BCUT2D eigenvalue weighted by molar-refractivity contribution is 5.57. The Bertz CT molecular complexity index is 785. The fraction of sp³-hybridized carbons (Fsp3) is 0.273. The standard InChI is InChI=1S/C22H22F3N3/c1-2-28(16-8-15-22(23,24)25)21-13-11-19(12-14-21)9-6-4-3-5-7-10-20(17-26)18-27/h3-7,9-14H,2,8,15-16H2,1H3/b4-3+,7-5+,9-6+. The van der Waals surface area contributed by atoms with Crippen molar-refractivity contribution in [3.8, 4) is 12.1 Å². The SMILES string of the molecule is CCN(CCCC(F)(F)F)c1ccc(/C=C/C=C/C=C/C=C(C#N)C#N)cc1. The maximum Gasteiger partial charge on any atom is 0.389 e. The Morgan fingerprint density at radius 2 is 1.61 bits per heavy atom. The quantitative estimate of drug-likeness (QED) is 0.390. The van der Waals surface area contributed by atoms with Crippen LogP contribution in [0.25, 0.3) is 6.08 Å². The van der Waals surface area contributed by atoms with Gasteiger partial charge in [0.15, 0.2) is 0 Å². The third kappa shape index (κ3) is 9.45. The van der Waals surface area contributed by atoms with Crippen LogP contribution in [0.3, 0.4) is 0 Å². The summed E-state index contributed by atoms with van der Waals surface area (Å²) in [5, 5.41) is 17.2. The zero-order chi connectivity index (χ0) is 20.8. The average molecular weight is 385 g/mol. The van der Waals surface area contributed by atoms with Gasteiger partial charge in [-0.15, -0.1) is 0 Å². The number of benzene rings is 1. The number of halogens is 3. The van der Waals surface area contributed by atoms with Crippen molar-refractivity contribution in [3.05, 3.63) is 71.9 Å². The van der Waals surface area contributed by atoms with E-state index in [0.29, 0.717) is 13.1 Å². The summed E-state index contributed by atoms with van der Waals surface area (Å²) < 4.78 is 36.9. The van der Waals surface area contributed by atoms with E-state index < -0.39 is 12.6 Å². The predicted octanol–water partition coefficient (Wildman–Crippen LogP) is 5.95. The average Bonchev–Trinajstić information content (AvgIpc) is 2.67. The van der Waals surface area contributed by atoms with Gasteiger partial charge in [-0.3, -0.25) is 0 Å². The Morgan fingerprint density at radius 3 is 2.18 bits per heavy atom. The molecule has 0 aliphatic heterocycles. The smallest absolute Gasteiger partial charge is 0.372 e. The van der Waals surface area contributed by atoms with Gasteiger partial charge in [0, 0.05) is 25.2 Å². The van der Waals surface area contributed by atoms with Gasteiger partial charge in [0.05, 0.1) is 0 Å². The molecular weight excluding hydrogens is 363 g/mol. The molecule has 0 saturated carbocycles. The van der Waals surface area contributed by atoms with E-state index in [4.69, 9.17) is 10.5 Å².